The third kappa shape index (κ3) is 3.32. The van der Waals surface area contributed by atoms with Crippen molar-refractivity contribution in [1.82, 2.24) is 0 Å². The van der Waals surface area contributed by atoms with Gasteiger partial charge in [-0.15, -0.1) is 11.6 Å². The topological polar surface area (TPSA) is 6.25 Å². The summed E-state index contributed by atoms with van der Waals surface area (Å²) in [5.41, 5.74) is 3.38. The van der Waals surface area contributed by atoms with Crippen molar-refractivity contribution in [2.24, 2.45) is 0 Å². The average molecular weight is 530 g/mol. The van der Waals surface area contributed by atoms with E-state index in [-0.39, 0.29) is 11.1 Å². The van der Waals surface area contributed by atoms with Gasteiger partial charge in [-0.2, -0.15) is 0 Å². The Bertz CT molecular complexity index is 1440. The number of hydrogen-bond acceptors (Lipinski definition) is 1. The van der Waals surface area contributed by atoms with Crippen molar-refractivity contribution in [3.05, 3.63) is 87.2 Å². The van der Waals surface area contributed by atoms with Crippen LogP contribution in [0.15, 0.2) is 47.2 Å². The minimum Gasteiger partial charge on any atom is -0.371 e. The highest BCUT2D eigenvalue weighted by Gasteiger charge is 2.43. The molecule has 2 aromatic rings. The Morgan fingerprint density at radius 1 is 0.944 bits per heavy atom. The highest BCUT2D eigenvalue weighted by atomic mass is 35.5. The summed E-state index contributed by atoms with van der Waals surface area (Å²) in [5, 5.41) is 2.14. The van der Waals surface area contributed by atoms with Gasteiger partial charge in [-0.05, 0) is 51.7 Å². The lowest BCUT2D eigenvalue weighted by atomic mass is 9.86. The van der Waals surface area contributed by atoms with Crippen LogP contribution in [0.2, 0.25) is 13.1 Å². The zero-order valence-electron chi connectivity index (χ0n) is 20.2. The van der Waals surface area contributed by atoms with Crippen molar-refractivity contribution in [3.63, 3.8) is 0 Å². The molecule has 2 aromatic carbocycles. The number of allylic oxidation sites excluding steroid dienone is 5. The standard InChI is InChI=1S/C28H26ClF4N2Si/c1-36(2)21-13-16(34-9-3-10-34)5-7-18(21)23(19-8-6-17(14-22(19)36)35-11-4-12-35)24-20(15-29)25(30)27(32)28(33)26(24)31/h5-8,13-14H,3-4,9-12,15H2,1-2H3/q+1. The van der Waals surface area contributed by atoms with E-state index in [2.05, 4.69) is 34.7 Å². The van der Waals surface area contributed by atoms with Gasteiger partial charge in [-0.3, -0.25) is 0 Å². The molecule has 0 bridgehead atoms. The second-order valence-electron chi connectivity index (χ2n) is 10.4. The lowest BCUT2D eigenvalue weighted by Gasteiger charge is -2.40. The summed E-state index contributed by atoms with van der Waals surface area (Å²) in [4.78, 5) is 2.29. The van der Waals surface area contributed by atoms with Gasteiger partial charge in [0.2, 0.25) is 0 Å². The van der Waals surface area contributed by atoms with Crippen molar-refractivity contribution in [1.29, 1.82) is 0 Å². The summed E-state index contributed by atoms with van der Waals surface area (Å²) in [6.45, 7) is 8.43. The van der Waals surface area contributed by atoms with Gasteiger partial charge in [0.25, 0.3) is 0 Å². The van der Waals surface area contributed by atoms with Crippen LogP contribution in [0.3, 0.4) is 0 Å². The van der Waals surface area contributed by atoms with E-state index in [0.29, 0.717) is 5.57 Å². The normalized spacial score (nSPS) is 20.1. The SMILES string of the molecule is C[Si]1(C)C2=CC(=[N+]3CCC3)C=CC2=C(c2c(F)c(F)c(F)c(F)c2CCl)c2ccc(N3CCC3)cc21. The molecule has 0 unspecified atom stereocenters. The molecule has 6 rings (SSSR count). The molecule has 0 aromatic heterocycles. The maximum atomic E-state index is 15.5. The largest absolute Gasteiger partial charge is 0.371 e. The van der Waals surface area contributed by atoms with E-state index in [9.17, 15) is 13.2 Å². The van der Waals surface area contributed by atoms with Crippen molar-refractivity contribution in [3.8, 4) is 0 Å². The summed E-state index contributed by atoms with van der Waals surface area (Å²) in [6, 6.07) is 6.07. The molecule has 4 aliphatic rings. The van der Waals surface area contributed by atoms with E-state index in [4.69, 9.17) is 11.6 Å². The number of alkyl halides is 1. The van der Waals surface area contributed by atoms with Gasteiger partial charge in [0.05, 0.1) is 12.3 Å². The van der Waals surface area contributed by atoms with Crippen molar-refractivity contribution in [2.75, 3.05) is 31.1 Å². The van der Waals surface area contributed by atoms with Crippen LogP contribution in [-0.4, -0.2) is 44.5 Å². The van der Waals surface area contributed by atoms with Crippen LogP contribution in [0.4, 0.5) is 23.2 Å². The molecule has 0 N–H and O–H groups in total. The molecule has 3 aliphatic heterocycles. The predicted molar refractivity (Wildman–Crippen MR) is 139 cm³/mol. The Hall–Kier alpha value is -2.64. The fraction of sp³-hybridized carbons (Fsp3) is 0.321. The highest BCUT2D eigenvalue weighted by molar-refractivity contribution is 6.98. The van der Waals surface area contributed by atoms with E-state index in [1.54, 1.807) is 0 Å². The molecular formula is C28H26ClF4N2Si+. The molecule has 0 radical (unpaired) electrons. The predicted octanol–water partition coefficient (Wildman–Crippen LogP) is 5.82. The van der Waals surface area contributed by atoms with Crippen LogP contribution in [0.1, 0.15) is 29.5 Å². The first-order valence-corrected chi connectivity index (χ1v) is 15.8. The summed E-state index contributed by atoms with van der Waals surface area (Å²) >= 11 is 6.04. The molecule has 2 fully saturated rings. The first-order valence-electron chi connectivity index (χ1n) is 12.3. The zero-order chi connectivity index (χ0) is 25.4. The third-order valence-electron chi connectivity index (χ3n) is 8.08. The quantitative estimate of drug-likeness (QED) is 0.121. The lowest BCUT2D eigenvalue weighted by molar-refractivity contribution is -0.582. The molecule has 36 heavy (non-hydrogen) atoms. The Kier molecular flexibility index (Phi) is 5.57. The first kappa shape index (κ1) is 23.7. The van der Waals surface area contributed by atoms with Gasteiger partial charge >= 0.3 is 0 Å². The summed E-state index contributed by atoms with van der Waals surface area (Å²) in [7, 11) is -2.31. The number of hydrogen-bond donors (Lipinski definition) is 0. The summed E-state index contributed by atoms with van der Waals surface area (Å²) < 4.78 is 61.6. The average Bonchev–Trinajstić information content (AvgIpc) is 2.79. The molecule has 3 heterocycles. The van der Waals surface area contributed by atoms with E-state index < -0.39 is 37.2 Å². The van der Waals surface area contributed by atoms with Gasteiger partial charge in [0.1, 0.15) is 21.2 Å². The van der Waals surface area contributed by atoms with Gasteiger partial charge in [-0.1, -0.05) is 19.2 Å². The number of anilines is 1. The molecule has 0 atom stereocenters. The molecule has 186 valence electrons. The van der Waals surface area contributed by atoms with Gasteiger partial charge < -0.3 is 4.90 Å². The second-order valence-corrected chi connectivity index (χ2v) is 15.0. The number of fused-ring (bicyclic) bond motifs is 2. The maximum Gasteiger partial charge on any atom is 0.199 e. The zero-order valence-corrected chi connectivity index (χ0v) is 22.0. The molecular weight excluding hydrogens is 504 g/mol. The maximum absolute atomic E-state index is 15.5. The number of halogens is 5. The van der Waals surface area contributed by atoms with E-state index in [1.807, 2.05) is 24.3 Å². The highest BCUT2D eigenvalue weighted by Crippen LogP contribution is 2.45. The van der Waals surface area contributed by atoms with Gasteiger partial charge in [-0.25, -0.2) is 22.1 Å². The number of nitrogens with zero attached hydrogens (tertiary/aromatic N) is 2. The van der Waals surface area contributed by atoms with E-state index in [0.717, 1.165) is 71.9 Å². The van der Waals surface area contributed by atoms with Crippen LogP contribution in [0, 0.1) is 23.3 Å². The second kappa shape index (κ2) is 8.45. The number of rotatable bonds is 3. The number of benzene rings is 2. The smallest absolute Gasteiger partial charge is 0.199 e. The summed E-state index contributed by atoms with van der Waals surface area (Å²) in [5.74, 6) is -6.98. The molecule has 1 aliphatic carbocycles. The van der Waals surface area contributed by atoms with Crippen LogP contribution < -0.4 is 10.1 Å². The molecule has 0 amide bonds. The van der Waals surface area contributed by atoms with Crippen molar-refractivity contribution < 1.29 is 22.1 Å². The molecule has 0 saturated carbocycles. The van der Waals surface area contributed by atoms with Crippen molar-refractivity contribution in [2.45, 2.75) is 31.8 Å². The molecule has 0 spiro atoms. The van der Waals surface area contributed by atoms with Gasteiger partial charge in [0, 0.05) is 42.1 Å². The Morgan fingerprint density at radius 2 is 1.67 bits per heavy atom. The summed E-state index contributed by atoms with van der Waals surface area (Å²) in [6.07, 6.45) is 8.34. The van der Waals surface area contributed by atoms with Gasteiger partial charge in [0.15, 0.2) is 29.0 Å². The first-order chi connectivity index (χ1) is 17.2. The minimum atomic E-state index is -2.31. The molecule has 8 heteroatoms. The Labute approximate surface area is 213 Å². The Morgan fingerprint density at radius 3 is 2.28 bits per heavy atom. The molecule has 2 nitrogen and oxygen atoms in total. The van der Waals surface area contributed by atoms with Crippen LogP contribution in [0.25, 0.3) is 5.57 Å². The third-order valence-corrected chi connectivity index (χ3v) is 11.9. The lowest BCUT2D eigenvalue weighted by Crippen LogP contribution is -2.50. The minimum absolute atomic E-state index is 0.290. The molecule has 2 saturated heterocycles. The fourth-order valence-electron chi connectivity index (χ4n) is 5.70. The monoisotopic (exact) mass is 529 g/mol. The fourth-order valence-corrected chi connectivity index (χ4v) is 9.02. The van der Waals surface area contributed by atoms with E-state index in [1.165, 1.54) is 0 Å². The van der Waals surface area contributed by atoms with Crippen molar-refractivity contribution >= 4 is 41.8 Å². The Balaban J connectivity index is 1.70. The van der Waals surface area contributed by atoms with Crippen LogP contribution in [-0.2, 0) is 5.88 Å². The van der Waals surface area contributed by atoms with Crippen LogP contribution in [0.5, 0.6) is 0 Å². The van der Waals surface area contributed by atoms with E-state index >= 15 is 4.39 Å². The van der Waals surface area contributed by atoms with Crippen LogP contribution >= 0.6 is 11.6 Å².